The van der Waals surface area contributed by atoms with Crippen LogP contribution in [0.1, 0.15) is 18.4 Å². The Bertz CT molecular complexity index is 1020. The first-order valence-electron chi connectivity index (χ1n) is 12.2. The number of urea groups is 1. The maximum absolute atomic E-state index is 12.4. The van der Waals surface area contributed by atoms with Crippen LogP contribution in [0.2, 0.25) is 0 Å². The highest BCUT2D eigenvalue weighted by atomic mass is 16.2. The molecule has 0 radical (unpaired) electrons. The van der Waals surface area contributed by atoms with Crippen LogP contribution >= 0.6 is 0 Å². The van der Waals surface area contributed by atoms with Crippen LogP contribution in [0.3, 0.4) is 0 Å². The Kier molecular flexibility index (Phi) is 6.88. The van der Waals surface area contributed by atoms with Gasteiger partial charge >= 0.3 is 6.03 Å². The highest BCUT2D eigenvalue weighted by Gasteiger charge is 2.40. The van der Waals surface area contributed by atoms with E-state index >= 15 is 0 Å². The number of amides is 2. The smallest absolute Gasteiger partial charge is 0.319 e. The summed E-state index contributed by atoms with van der Waals surface area (Å²) < 4.78 is 0. The fourth-order valence-electron chi connectivity index (χ4n) is 5.64. The van der Waals surface area contributed by atoms with Gasteiger partial charge in [0.15, 0.2) is 0 Å². The first-order chi connectivity index (χ1) is 16.7. The molecule has 0 spiro atoms. The summed E-state index contributed by atoms with van der Waals surface area (Å²) in [5.74, 6) is 2.26. The lowest BCUT2D eigenvalue weighted by atomic mass is 9.75. The minimum Gasteiger partial charge on any atom is -0.338 e. The molecule has 6 rings (SSSR count). The number of hydrogen-bond acceptors (Lipinski definition) is 7. The normalized spacial score (nSPS) is 26.6. The molecule has 1 aromatic carbocycles. The Hall–Kier alpha value is -3.22. The summed E-state index contributed by atoms with van der Waals surface area (Å²) in [4.78, 5) is 28.6. The highest BCUT2D eigenvalue weighted by molar-refractivity contribution is 5.89. The summed E-state index contributed by atoms with van der Waals surface area (Å²) in [6.07, 6.45) is 6.02. The van der Waals surface area contributed by atoms with E-state index in [1.54, 1.807) is 24.3 Å². The number of anilines is 2. The standard InChI is InChI=1S/C25H32N8O/c26-15-19-3-1-4-22(13-19)30-25(34)29-16-23-14-20-5-8-33(23)18-21(20)17-31-9-11-32(12-10-31)24-27-6-2-7-28-24/h1-4,6-7,13,20-21,23H,5,8-12,14,16-18H2,(H2,29,30,34). The van der Waals surface area contributed by atoms with Gasteiger partial charge in [0, 0.05) is 69.9 Å². The van der Waals surface area contributed by atoms with E-state index in [-0.39, 0.29) is 6.03 Å². The number of benzene rings is 1. The molecule has 0 aliphatic carbocycles. The topological polar surface area (TPSA) is 100 Å². The number of nitriles is 1. The molecule has 1 aromatic heterocycles. The molecular weight excluding hydrogens is 428 g/mol. The molecule has 4 aliphatic rings. The van der Waals surface area contributed by atoms with E-state index in [0.29, 0.717) is 29.8 Å². The van der Waals surface area contributed by atoms with E-state index in [1.165, 1.54) is 6.42 Å². The first kappa shape index (κ1) is 22.6. The largest absolute Gasteiger partial charge is 0.338 e. The van der Waals surface area contributed by atoms with E-state index < -0.39 is 0 Å². The molecule has 4 atom stereocenters. The average molecular weight is 461 g/mol. The van der Waals surface area contributed by atoms with Gasteiger partial charge in [-0.2, -0.15) is 5.26 Å². The quantitative estimate of drug-likeness (QED) is 0.680. The molecule has 2 amide bonds. The summed E-state index contributed by atoms with van der Waals surface area (Å²) in [5.41, 5.74) is 1.18. The second-order valence-electron chi connectivity index (χ2n) is 9.56. The van der Waals surface area contributed by atoms with Gasteiger partial charge in [0.2, 0.25) is 5.95 Å². The van der Waals surface area contributed by atoms with Gasteiger partial charge in [0.05, 0.1) is 11.6 Å². The van der Waals surface area contributed by atoms with E-state index in [2.05, 4.69) is 41.4 Å². The van der Waals surface area contributed by atoms with E-state index in [0.717, 1.165) is 64.1 Å². The van der Waals surface area contributed by atoms with Crippen LogP contribution in [0.5, 0.6) is 0 Å². The van der Waals surface area contributed by atoms with E-state index in [4.69, 9.17) is 5.26 Å². The van der Waals surface area contributed by atoms with Crippen molar-refractivity contribution in [2.24, 2.45) is 11.8 Å². The van der Waals surface area contributed by atoms with Gasteiger partial charge < -0.3 is 15.5 Å². The molecule has 4 fully saturated rings. The minimum atomic E-state index is -0.213. The zero-order valence-electron chi connectivity index (χ0n) is 19.4. The van der Waals surface area contributed by atoms with Crippen molar-refractivity contribution < 1.29 is 4.79 Å². The second-order valence-corrected chi connectivity index (χ2v) is 9.56. The molecule has 2 aromatic rings. The van der Waals surface area contributed by atoms with Crippen molar-refractivity contribution in [1.29, 1.82) is 5.26 Å². The van der Waals surface area contributed by atoms with E-state index in [1.807, 2.05) is 18.5 Å². The first-order valence-corrected chi connectivity index (χ1v) is 12.2. The summed E-state index contributed by atoms with van der Waals surface area (Å²) in [5, 5.41) is 14.9. The lowest BCUT2D eigenvalue weighted by Gasteiger charge is -2.51. The highest BCUT2D eigenvalue weighted by Crippen LogP contribution is 2.36. The van der Waals surface area contributed by atoms with Crippen LogP contribution in [0.25, 0.3) is 0 Å². The Morgan fingerprint density at radius 1 is 1.12 bits per heavy atom. The Morgan fingerprint density at radius 2 is 1.94 bits per heavy atom. The van der Waals surface area contributed by atoms with Crippen molar-refractivity contribution >= 4 is 17.7 Å². The molecular formula is C25H32N8O. The third kappa shape index (κ3) is 5.29. The van der Waals surface area contributed by atoms with Crippen molar-refractivity contribution in [3.8, 4) is 6.07 Å². The number of nitrogens with one attached hydrogen (secondary N) is 2. The summed E-state index contributed by atoms with van der Waals surface area (Å²) >= 11 is 0. The molecule has 178 valence electrons. The van der Waals surface area contributed by atoms with Crippen LogP contribution in [0.4, 0.5) is 16.4 Å². The zero-order chi connectivity index (χ0) is 23.3. The lowest BCUT2D eigenvalue weighted by molar-refractivity contribution is -0.0114. The summed E-state index contributed by atoms with van der Waals surface area (Å²) in [7, 11) is 0. The van der Waals surface area contributed by atoms with Crippen LogP contribution in [-0.2, 0) is 0 Å². The summed E-state index contributed by atoms with van der Waals surface area (Å²) in [6, 6.07) is 11.1. The molecule has 4 aliphatic heterocycles. The molecule has 5 heterocycles. The third-order valence-corrected chi connectivity index (χ3v) is 7.46. The van der Waals surface area contributed by atoms with Gasteiger partial charge in [0.25, 0.3) is 0 Å². The van der Waals surface area contributed by atoms with E-state index in [9.17, 15) is 4.79 Å². The van der Waals surface area contributed by atoms with Crippen molar-refractivity contribution in [3.05, 3.63) is 48.3 Å². The van der Waals surface area contributed by atoms with Gasteiger partial charge in [-0.3, -0.25) is 9.80 Å². The van der Waals surface area contributed by atoms with Crippen LogP contribution in [-0.4, -0.2) is 84.2 Å². The monoisotopic (exact) mass is 460 g/mol. The number of fused-ring (bicyclic) bond motifs is 3. The average Bonchev–Trinajstić information content (AvgIpc) is 2.89. The second kappa shape index (κ2) is 10.4. The molecule has 9 heteroatoms. The van der Waals surface area contributed by atoms with Crippen LogP contribution in [0, 0.1) is 23.2 Å². The number of piperidine rings is 3. The lowest BCUT2D eigenvalue weighted by Crippen LogP contribution is -2.59. The number of hydrogen-bond donors (Lipinski definition) is 2. The molecule has 34 heavy (non-hydrogen) atoms. The zero-order valence-corrected chi connectivity index (χ0v) is 19.4. The SMILES string of the molecule is N#Cc1cccc(NC(=O)NCC2CC3CCN2CC3CN2CCN(c3ncccn3)CC2)c1. The minimum absolute atomic E-state index is 0.213. The van der Waals surface area contributed by atoms with Crippen molar-refractivity contribution in [3.63, 3.8) is 0 Å². The number of aromatic nitrogens is 2. The predicted molar refractivity (Wildman–Crippen MR) is 130 cm³/mol. The Balaban J connectivity index is 1.06. The maximum Gasteiger partial charge on any atom is 0.319 e. The fraction of sp³-hybridized carbons (Fsp3) is 0.520. The molecule has 0 saturated carbocycles. The molecule has 4 saturated heterocycles. The Labute approximate surface area is 200 Å². The number of piperazine rings is 1. The molecule has 9 nitrogen and oxygen atoms in total. The predicted octanol–water partition coefficient (Wildman–Crippen LogP) is 2.00. The molecule has 2 bridgehead atoms. The van der Waals surface area contributed by atoms with Crippen LogP contribution < -0.4 is 15.5 Å². The number of carbonyl (C=O) groups excluding carboxylic acids is 1. The van der Waals surface area contributed by atoms with Crippen molar-refractivity contribution in [2.45, 2.75) is 18.9 Å². The number of rotatable bonds is 6. The van der Waals surface area contributed by atoms with Gasteiger partial charge in [-0.05, 0) is 55.5 Å². The van der Waals surface area contributed by atoms with Crippen LogP contribution in [0.15, 0.2) is 42.7 Å². The molecule has 4 unspecified atom stereocenters. The number of carbonyl (C=O) groups is 1. The van der Waals surface area contributed by atoms with Gasteiger partial charge in [-0.1, -0.05) is 6.07 Å². The van der Waals surface area contributed by atoms with Gasteiger partial charge in [-0.25, -0.2) is 14.8 Å². The van der Waals surface area contributed by atoms with Crippen molar-refractivity contribution in [1.82, 2.24) is 25.1 Å². The molecule has 2 N–H and O–H groups in total. The third-order valence-electron chi connectivity index (χ3n) is 7.46. The van der Waals surface area contributed by atoms with Gasteiger partial charge in [-0.15, -0.1) is 0 Å². The van der Waals surface area contributed by atoms with Gasteiger partial charge in [0.1, 0.15) is 0 Å². The summed E-state index contributed by atoms with van der Waals surface area (Å²) in [6.45, 7) is 8.11. The Morgan fingerprint density at radius 3 is 2.68 bits per heavy atom. The number of nitrogens with zero attached hydrogens (tertiary/aromatic N) is 6. The van der Waals surface area contributed by atoms with Crippen molar-refractivity contribution in [2.75, 3.05) is 62.6 Å². The maximum atomic E-state index is 12.4. The fourth-order valence-corrected chi connectivity index (χ4v) is 5.64.